The van der Waals surface area contributed by atoms with E-state index < -0.39 is 0 Å². The Bertz CT molecular complexity index is 2820. The minimum absolute atomic E-state index is 0.182. The Labute approximate surface area is 348 Å². The standard InChI is InChI=1S/C58H47N/c1-57(2)54-35-43(48-17-11-19-53-56(48)51-16-9-10-18-52(51)58(53)37-38-20-26-44(58)34-38)25-32-49(54)50-33-31-47(36-55(50)57)59(45-27-21-41(22-28-45)39-12-5-3-6-13-39)46-29-23-42(24-30-46)40-14-7-4-8-15-40/h3-19,21-25,27-33,35-36,38,44H,20,26,34,37H2,1-2H3. The van der Waals surface area contributed by atoms with Crippen molar-refractivity contribution in [3.8, 4) is 55.6 Å². The fraction of sp³-hybridized carbons (Fsp3) is 0.172. The molecule has 0 aromatic heterocycles. The molecule has 0 radical (unpaired) electrons. The second-order valence-electron chi connectivity index (χ2n) is 18.1. The molecule has 0 saturated heterocycles. The zero-order valence-corrected chi connectivity index (χ0v) is 33.8. The largest absolute Gasteiger partial charge is 0.310 e. The molecule has 1 nitrogen and oxygen atoms in total. The molecule has 59 heavy (non-hydrogen) atoms. The highest BCUT2D eigenvalue weighted by atomic mass is 15.1. The number of rotatable bonds is 6. The van der Waals surface area contributed by atoms with Crippen molar-refractivity contribution in [2.24, 2.45) is 11.8 Å². The Kier molecular flexibility index (Phi) is 7.64. The predicted octanol–water partition coefficient (Wildman–Crippen LogP) is 15.6. The topological polar surface area (TPSA) is 3.24 Å². The summed E-state index contributed by atoms with van der Waals surface area (Å²) in [7, 11) is 0. The van der Waals surface area contributed by atoms with Crippen LogP contribution in [-0.4, -0.2) is 0 Å². The van der Waals surface area contributed by atoms with Crippen LogP contribution in [0.5, 0.6) is 0 Å². The van der Waals surface area contributed by atoms with Crippen molar-refractivity contribution in [1.29, 1.82) is 0 Å². The van der Waals surface area contributed by atoms with Crippen LogP contribution in [0.15, 0.2) is 188 Å². The van der Waals surface area contributed by atoms with Crippen molar-refractivity contribution >= 4 is 17.1 Å². The molecule has 8 aromatic rings. The minimum atomic E-state index is -0.182. The van der Waals surface area contributed by atoms with E-state index >= 15 is 0 Å². The number of anilines is 3. The molecular formula is C58H47N. The van der Waals surface area contributed by atoms with Gasteiger partial charge in [0.1, 0.15) is 0 Å². The monoisotopic (exact) mass is 757 g/mol. The molecule has 12 rings (SSSR count). The van der Waals surface area contributed by atoms with Gasteiger partial charge < -0.3 is 4.90 Å². The summed E-state index contributed by atoms with van der Waals surface area (Å²) in [6.07, 6.45) is 5.47. The van der Waals surface area contributed by atoms with Gasteiger partial charge in [0.2, 0.25) is 0 Å². The molecule has 1 heteroatoms. The highest BCUT2D eigenvalue weighted by Crippen LogP contribution is 2.66. The van der Waals surface area contributed by atoms with Crippen molar-refractivity contribution in [3.05, 3.63) is 210 Å². The number of fused-ring (bicyclic) bond motifs is 11. The average Bonchev–Trinajstić information content (AvgIpc) is 4.04. The first-order valence-electron chi connectivity index (χ1n) is 21.6. The molecule has 0 heterocycles. The molecule has 4 aliphatic carbocycles. The quantitative estimate of drug-likeness (QED) is 0.163. The van der Waals surface area contributed by atoms with E-state index in [1.54, 1.807) is 11.1 Å². The highest BCUT2D eigenvalue weighted by Gasteiger charge is 2.57. The summed E-state index contributed by atoms with van der Waals surface area (Å²) in [5, 5.41) is 0. The molecule has 284 valence electrons. The van der Waals surface area contributed by atoms with Gasteiger partial charge in [-0.1, -0.05) is 166 Å². The predicted molar refractivity (Wildman–Crippen MR) is 247 cm³/mol. The Hall–Kier alpha value is -6.44. The minimum Gasteiger partial charge on any atom is -0.310 e. The fourth-order valence-electron chi connectivity index (χ4n) is 12.0. The first-order valence-corrected chi connectivity index (χ1v) is 21.6. The van der Waals surface area contributed by atoms with E-state index in [1.807, 2.05) is 0 Å². The Morgan fingerprint density at radius 1 is 0.407 bits per heavy atom. The van der Waals surface area contributed by atoms with E-state index in [4.69, 9.17) is 0 Å². The first-order chi connectivity index (χ1) is 29.0. The highest BCUT2D eigenvalue weighted by molar-refractivity contribution is 5.95. The molecule has 1 spiro atoms. The lowest BCUT2D eigenvalue weighted by atomic mass is 9.66. The van der Waals surface area contributed by atoms with Crippen molar-refractivity contribution in [2.45, 2.75) is 50.4 Å². The van der Waals surface area contributed by atoms with Crippen LogP contribution in [0, 0.1) is 11.8 Å². The summed E-state index contributed by atoms with van der Waals surface area (Å²) in [4.78, 5) is 2.42. The van der Waals surface area contributed by atoms with Gasteiger partial charge in [-0.3, -0.25) is 0 Å². The molecule has 2 fully saturated rings. The molecule has 0 amide bonds. The third kappa shape index (κ3) is 5.17. The first kappa shape index (κ1) is 34.6. The maximum atomic E-state index is 2.53. The maximum Gasteiger partial charge on any atom is 0.0465 e. The van der Waals surface area contributed by atoms with Crippen LogP contribution in [-0.2, 0) is 10.8 Å². The van der Waals surface area contributed by atoms with Crippen LogP contribution in [0.1, 0.15) is 61.8 Å². The fourth-order valence-corrected chi connectivity index (χ4v) is 12.0. The van der Waals surface area contributed by atoms with Gasteiger partial charge >= 0.3 is 0 Å². The molecule has 0 N–H and O–H groups in total. The molecule has 3 unspecified atom stereocenters. The number of nitrogens with zero attached hydrogens (tertiary/aromatic N) is 1. The third-order valence-corrected chi connectivity index (χ3v) is 14.8. The smallest absolute Gasteiger partial charge is 0.0465 e. The summed E-state index contributed by atoms with van der Waals surface area (Å²) >= 11 is 0. The summed E-state index contributed by atoms with van der Waals surface area (Å²) in [5.74, 6) is 1.63. The summed E-state index contributed by atoms with van der Waals surface area (Å²) in [5.41, 5.74) is 22.6. The Balaban J connectivity index is 0.946. The van der Waals surface area contributed by atoms with Crippen molar-refractivity contribution < 1.29 is 0 Å². The van der Waals surface area contributed by atoms with Gasteiger partial charge in [-0.15, -0.1) is 0 Å². The van der Waals surface area contributed by atoms with Crippen molar-refractivity contribution in [2.75, 3.05) is 4.90 Å². The molecule has 2 bridgehead atoms. The van der Waals surface area contributed by atoms with E-state index in [0.717, 1.165) is 23.2 Å². The van der Waals surface area contributed by atoms with E-state index in [0.29, 0.717) is 0 Å². The van der Waals surface area contributed by atoms with Gasteiger partial charge in [-0.05, 0) is 151 Å². The van der Waals surface area contributed by atoms with E-state index in [-0.39, 0.29) is 10.8 Å². The van der Waals surface area contributed by atoms with Gasteiger partial charge in [0.25, 0.3) is 0 Å². The van der Waals surface area contributed by atoms with E-state index in [1.165, 1.54) is 98.1 Å². The molecule has 0 aliphatic heterocycles. The average molecular weight is 758 g/mol. The van der Waals surface area contributed by atoms with Crippen molar-refractivity contribution in [3.63, 3.8) is 0 Å². The van der Waals surface area contributed by atoms with E-state index in [2.05, 4.69) is 207 Å². The molecule has 2 saturated carbocycles. The Morgan fingerprint density at radius 3 is 1.56 bits per heavy atom. The molecule has 3 atom stereocenters. The van der Waals surface area contributed by atoms with Crippen LogP contribution >= 0.6 is 0 Å². The lowest BCUT2D eigenvalue weighted by Crippen LogP contribution is -2.31. The third-order valence-electron chi connectivity index (χ3n) is 14.8. The summed E-state index contributed by atoms with van der Waals surface area (Å²) in [6, 6.07) is 70.5. The van der Waals surface area contributed by atoms with Crippen LogP contribution < -0.4 is 4.90 Å². The van der Waals surface area contributed by atoms with Gasteiger partial charge in [-0.2, -0.15) is 0 Å². The number of hydrogen-bond donors (Lipinski definition) is 0. The second-order valence-corrected chi connectivity index (χ2v) is 18.1. The maximum absolute atomic E-state index is 2.53. The zero-order chi connectivity index (χ0) is 39.3. The molecular weight excluding hydrogens is 711 g/mol. The van der Waals surface area contributed by atoms with Gasteiger partial charge in [0.15, 0.2) is 0 Å². The van der Waals surface area contributed by atoms with E-state index in [9.17, 15) is 0 Å². The molecule has 8 aromatic carbocycles. The SMILES string of the molecule is CC1(C)c2cc(-c3cccc4c3-c3ccccc3C43CC4CCC3C4)ccc2-c2ccc(N(c3ccc(-c4ccccc4)cc3)c3ccc(-c4ccccc4)cc3)cc21. The second kappa shape index (κ2) is 13.0. The number of hydrogen-bond acceptors (Lipinski definition) is 1. The summed E-state index contributed by atoms with van der Waals surface area (Å²) in [6.45, 7) is 4.85. The summed E-state index contributed by atoms with van der Waals surface area (Å²) < 4.78 is 0. The zero-order valence-electron chi connectivity index (χ0n) is 33.8. The Morgan fingerprint density at radius 2 is 0.932 bits per heavy atom. The van der Waals surface area contributed by atoms with Crippen LogP contribution in [0.4, 0.5) is 17.1 Å². The van der Waals surface area contributed by atoms with Crippen LogP contribution in [0.3, 0.4) is 0 Å². The number of benzene rings is 8. The van der Waals surface area contributed by atoms with Crippen molar-refractivity contribution in [1.82, 2.24) is 0 Å². The van der Waals surface area contributed by atoms with Gasteiger partial charge in [-0.25, -0.2) is 0 Å². The lowest BCUT2D eigenvalue weighted by Gasteiger charge is -2.36. The lowest BCUT2D eigenvalue weighted by molar-refractivity contribution is 0.327. The molecule has 4 aliphatic rings. The normalized spacial score (nSPS) is 20.0. The van der Waals surface area contributed by atoms with Gasteiger partial charge in [0.05, 0.1) is 0 Å². The van der Waals surface area contributed by atoms with Crippen LogP contribution in [0.2, 0.25) is 0 Å². The van der Waals surface area contributed by atoms with Crippen LogP contribution in [0.25, 0.3) is 55.6 Å². The van der Waals surface area contributed by atoms with Gasteiger partial charge in [0, 0.05) is 27.9 Å².